The van der Waals surface area contributed by atoms with Crippen LogP contribution in [0.2, 0.25) is 0 Å². The summed E-state index contributed by atoms with van der Waals surface area (Å²) in [6.45, 7) is 0.732. The molecule has 0 amide bonds. The summed E-state index contributed by atoms with van der Waals surface area (Å²) in [5.74, 6) is 7.71. The van der Waals surface area contributed by atoms with Crippen molar-refractivity contribution in [1.29, 1.82) is 10.5 Å². The van der Waals surface area contributed by atoms with Gasteiger partial charge in [-0.3, -0.25) is 11.2 Å². The number of thioether (sulfide) groups is 2. The maximum absolute atomic E-state index is 10.5. The summed E-state index contributed by atoms with van der Waals surface area (Å²) in [5, 5.41) is 39.3. The van der Waals surface area contributed by atoms with Crippen LogP contribution in [0.5, 0.6) is 5.75 Å². The van der Waals surface area contributed by atoms with E-state index in [0.717, 1.165) is 44.5 Å². The first-order valence-corrected chi connectivity index (χ1v) is 23.1. The molecule has 0 bridgehead atoms. The number of nitriles is 2. The van der Waals surface area contributed by atoms with E-state index in [1.807, 2.05) is 115 Å². The van der Waals surface area contributed by atoms with E-state index in [2.05, 4.69) is 70.7 Å². The van der Waals surface area contributed by atoms with Gasteiger partial charge in [-0.25, -0.2) is 15.4 Å². The van der Waals surface area contributed by atoms with E-state index < -0.39 is 12.3 Å². The Bertz CT molecular complexity index is 3060. The smallest absolute Gasteiger partial charge is 0.163 e. The molecule has 0 radical (unpaired) electrons. The zero-order chi connectivity index (χ0) is 47.1. The number of benzene rings is 6. The molecule has 2 aliphatic heterocycles. The fraction of sp³-hybridized carbons (Fsp3) is 0.120. The van der Waals surface area contributed by atoms with Crippen LogP contribution in [0.3, 0.4) is 0 Å². The zero-order valence-corrected chi connectivity index (χ0v) is 37.8. The predicted molar refractivity (Wildman–Crippen MR) is 271 cm³/mol. The maximum atomic E-state index is 10.5. The Morgan fingerprint density at radius 1 is 0.588 bits per heavy atom. The molecular formula is C50H41N15OS2. The standard InChI is InChI=1S/C50H41N15OS2/c51-28-43-45(38-14-10-35(11-15-38)34-4-2-1-3-5-34)57-49(67-30-32-6-20-40(21-7-32)62-64-54)59-47(43)56-26-27-66-42-24-18-37(19-25-42)36-12-16-39(17-13-36)46-44(29-52)48(61-53)60-50(58-46)68-31-33-8-22-41(23-9-33)63-65-55/h1-25,47-48,56,61H,26-27,30-31,53H2,(H,57,59)(H,58,60). The highest BCUT2D eigenvalue weighted by Gasteiger charge is 2.27. The van der Waals surface area contributed by atoms with Crippen LogP contribution < -0.4 is 32.0 Å². The van der Waals surface area contributed by atoms with Gasteiger partial charge in [0.2, 0.25) is 0 Å². The van der Waals surface area contributed by atoms with E-state index in [-0.39, 0.29) is 0 Å². The summed E-state index contributed by atoms with van der Waals surface area (Å²) in [4.78, 5) is 15.2. The Morgan fingerprint density at radius 3 is 1.47 bits per heavy atom. The molecular weight excluding hydrogens is 891 g/mol. The van der Waals surface area contributed by atoms with Gasteiger partial charge < -0.3 is 15.4 Å². The molecule has 16 nitrogen and oxygen atoms in total. The lowest BCUT2D eigenvalue weighted by Crippen LogP contribution is -2.41. The highest BCUT2D eigenvalue weighted by molar-refractivity contribution is 8.13. The normalized spacial score (nSPS) is 15.3. The van der Waals surface area contributed by atoms with Crippen molar-refractivity contribution in [3.8, 4) is 40.1 Å². The number of nitrogens with two attached hydrogens (primary N) is 1. The molecule has 0 fully saturated rings. The van der Waals surface area contributed by atoms with Crippen LogP contribution in [-0.2, 0) is 11.5 Å². The minimum atomic E-state index is -0.726. The fourth-order valence-electron chi connectivity index (χ4n) is 7.28. The van der Waals surface area contributed by atoms with E-state index in [0.29, 0.717) is 74.7 Å². The third-order valence-electron chi connectivity index (χ3n) is 10.7. The van der Waals surface area contributed by atoms with Crippen molar-refractivity contribution in [3.05, 3.63) is 206 Å². The first-order valence-electron chi connectivity index (χ1n) is 21.2. The molecule has 0 aliphatic carbocycles. The second kappa shape index (κ2) is 22.8. The molecule has 2 unspecified atom stereocenters. The van der Waals surface area contributed by atoms with Crippen molar-refractivity contribution in [1.82, 2.24) is 21.4 Å². The minimum absolute atomic E-state index is 0.322. The van der Waals surface area contributed by atoms with Gasteiger partial charge in [-0.15, -0.1) is 0 Å². The first kappa shape index (κ1) is 46.3. The van der Waals surface area contributed by atoms with Crippen molar-refractivity contribution in [2.24, 2.45) is 26.1 Å². The molecule has 0 aromatic heterocycles. The average molecular weight is 932 g/mol. The lowest BCUT2D eigenvalue weighted by atomic mass is 10.00. The van der Waals surface area contributed by atoms with Crippen molar-refractivity contribution in [2.75, 3.05) is 13.2 Å². The largest absolute Gasteiger partial charge is 0.492 e. The van der Waals surface area contributed by atoms with Crippen molar-refractivity contribution >= 4 is 56.6 Å². The van der Waals surface area contributed by atoms with Gasteiger partial charge in [-0.2, -0.15) is 10.5 Å². The number of azide groups is 2. The fourth-order valence-corrected chi connectivity index (χ4v) is 8.98. The monoisotopic (exact) mass is 931 g/mol. The second-order valence-electron chi connectivity index (χ2n) is 15.0. The number of rotatable bonds is 16. The van der Waals surface area contributed by atoms with Crippen LogP contribution in [0, 0.1) is 22.7 Å². The summed E-state index contributed by atoms with van der Waals surface area (Å²) >= 11 is 2.98. The number of aliphatic imine (C=N–C) groups is 2. The summed E-state index contributed by atoms with van der Waals surface area (Å²) in [6, 6.07) is 53.3. The molecule has 2 aliphatic rings. The molecule has 334 valence electrons. The number of nitrogens with one attached hydrogen (secondary N) is 4. The average Bonchev–Trinajstić information content (AvgIpc) is 3.39. The van der Waals surface area contributed by atoms with Crippen LogP contribution in [0.4, 0.5) is 11.4 Å². The molecule has 0 saturated carbocycles. The van der Waals surface area contributed by atoms with Gasteiger partial charge in [-0.1, -0.05) is 173 Å². The number of hydrazine groups is 1. The van der Waals surface area contributed by atoms with Crippen LogP contribution in [-0.4, -0.2) is 35.8 Å². The van der Waals surface area contributed by atoms with Crippen LogP contribution >= 0.6 is 23.5 Å². The highest BCUT2D eigenvalue weighted by Crippen LogP contribution is 2.31. The van der Waals surface area contributed by atoms with Gasteiger partial charge >= 0.3 is 0 Å². The van der Waals surface area contributed by atoms with Crippen molar-refractivity contribution < 1.29 is 4.74 Å². The first-order chi connectivity index (χ1) is 33.4. The number of amidine groups is 2. The van der Waals surface area contributed by atoms with Crippen LogP contribution in [0.25, 0.3) is 54.5 Å². The molecule has 8 rings (SSSR count). The summed E-state index contributed by atoms with van der Waals surface area (Å²) in [5.41, 5.74) is 31.1. The van der Waals surface area contributed by atoms with Gasteiger partial charge in [0.1, 0.15) is 30.7 Å². The quantitative estimate of drug-likeness (QED) is 0.0153. The van der Waals surface area contributed by atoms with E-state index in [1.54, 1.807) is 24.3 Å². The number of nitrogens with zero attached hydrogens (tertiary/aromatic N) is 10. The Morgan fingerprint density at radius 2 is 1.01 bits per heavy atom. The Balaban J connectivity index is 0.903. The Kier molecular flexibility index (Phi) is 15.5. The minimum Gasteiger partial charge on any atom is -0.492 e. The maximum Gasteiger partial charge on any atom is 0.163 e. The molecule has 2 atom stereocenters. The molecule has 18 heteroatoms. The van der Waals surface area contributed by atoms with E-state index >= 15 is 0 Å². The topological polar surface area (TPSA) is 253 Å². The zero-order valence-electron chi connectivity index (χ0n) is 36.2. The molecule has 68 heavy (non-hydrogen) atoms. The summed E-state index contributed by atoms with van der Waals surface area (Å²) in [6.07, 6.45) is -1.35. The van der Waals surface area contributed by atoms with E-state index in [4.69, 9.17) is 26.6 Å². The second-order valence-corrected chi connectivity index (χ2v) is 17.0. The van der Waals surface area contributed by atoms with Gasteiger partial charge in [0.25, 0.3) is 0 Å². The van der Waals surface area contributed by atoms with E-state index in [1.165, 1.54) is 23.5 Å². The number of hydrogen-bond donors (Lipinski definition) is 5. The van der Waals surface area contributed by atoms with Gasteiger partial charge in [0.05, 0.1) is 22.5 Å². The van der Waals surface area contributed by atoms with Crippen molar-refractivity contribution in [3.63, 3.8) is 0 Å². The molecule has 2 heterocycles. The molecule has 0 saturated heterocycles. The molecule has 6 aromatic rings. The number of ether oxygens (including phenoxy) is 1. The van der Waals surface area contributed by atoms with E-state index in [9.17, 15) is 10.5 Å². The highest BCUT2D eigenvalue weighted by atomic mass is 32.2. The van der Waals surface area contributed by atoms with Gasteiger partial charge in [0, 0.05) is 39.2 Å². The Hall–Kier alpha value is -8.28. The van der Waals surface area contributed by atoms with Crippen LogP contribution in [0.1, 0.15) is 22.3 Å². The lowest BCUT2D eigenvalue weighted by Gasteiger charge is -2.26. The van der Waals surface area contributed by atoms with Gasteiger partial charge in [-0.05, 0) is 67.7 Å². The molecule has 0 spiro atoms. The Labute approximate surface area is 400 Å². The predicted octanol–water partition coefficient (Wildman–Crippen LogP) is 10.9. The summed E-state index contributed by atoms with van der Waals surface area (Å²) < 4.78 is 6.15. The van der Waals surface area contributed by atoms with Crippen molar-refractivity contribution in [2.45, 2.75) is 23.8 Å². The third kappa shape index (κ3) is 11.6. The number of hydrogen-bond acceptors (Lipinski definition) is 14. The third-order valence-corrected chi connectivity index (χ3v) is 12.7. The molecule has 6 aromatic carbocycles. The summed E-state index contributed by atoms with van der Waals surface area (Å²) in [7, 11) is 0. The lowest BCUT2D eigenvalue weighted by molar-refractivity contribution is 0.309. The van der Waals surface area contributed by atoms with Crippen LogP contribution in [0.15, 0.2) is 183 Å². The van der Waals surface area contributed by atoms with Gasteiger partial charge in [0.15, 0.2) is 16.5 Å². The molecule has 6 N–H and O–H groups in total. The SMILES string of the molecule is N#CC1=C(c2ccc(-c3ccc(OCCNC4N=C(SCc5ccc(N=[N+]=[N-])cc5)NC(c5ccc(-c6ccccc6)cc5)=C4C#N)cc3)cc2)NC(SCc2ccc(N=[N+]=[N-])cc2)=NC1NN.